The standard InChI is InChI=1S/C15H19NO3S/c1-16-12-4-3-9(19-2)7-10(12)14(15(17)18)11-8-20-6-5-13(11)16/h3-4,7,11,13-14H,5-6,8H2,1-2H3,(H,17,18). The van der Waals surface area contributed by atoms with E-state index >= 15 is 0 Å². The zero-order valence-corrected chi connectivity index (χ0v) is 12.5. The van der Waals surface area contributed by atoms with Crippen LogP contribution < -0.4 is 9.64 Å². The van der Waals surface area contributed by atoms with Gasteiger partial charge in [0.05, 0.1) is 13.0 Å². The molecule has 3 rings (SSSR count). The zero-order chi connectivity index (χ0) is 14.3. The number of nitrogens with zero attached hydrogens (tertiary/aromatic N) is 1. The molecule has 0 saturated carbocycles. The van der Waals surface area contributed by atoms with Crippen LogP contribution in [0.5, 0.6) is 5.75 Å². The lowest BCUT2D eigenvalue weighted by atomic mass is 9.76. The van der Waals surface area contributed by atoms with Gasteiger partial charge in [-0.05, 0) is 41.7 Å². The first-order chi connectivity index (χ1) is 9.63. The monoisotopic (exact) mass is 293 g/mol. The summed E-state index contributed by atoms with van der Waals surface area (Å²) in [5, 5.41) is 9.71. The predicted molar refractivity (Wildman–Crippen MR) is 81.0 cm³/mol. The molecule has 1 saturated heterocycles. The van der Waals surface area contributed by atoms with Crippen LogP contribution in [0.1, 0.15) is 17.9 Å². The number of hydrogen-bond acceptors (Lipinski definition) is 4. The summed E-state index contributed by atoms with van der Waals surface area (Å²) in [4.78, 5) is 14.1. The van der Waals surface area contributed by atoms with E-state index in [-0.39, 0.29) is 5.92 Å². The Morgan fingerprint density at radius 3 is 3.00 bits per heavy atom. The SMILES string of the molecule is COc1ccc2c(c1)C(C(=O)O)C1CSCCC1N2C. The maximum Gasteiger partial charge on any atom is 0.311 e. The van der Waals surface area contributed by atoms with E-state index in [2.05, 4.69) is 11.9 Å². The summed E-state index contributed by atoms with van der Waals surface area (Å²) >= 11 is 1.87. The molecule has 0 bridgehead atoms. The van der Waals surface area contributed by atoms with Gasteiger partial charge in [-0.3, -0.25) is 4.79 Å². The Bertz CT molecular complexity index is 534. The van der Waals surface area contributed by atoms with Crippen molar-refractivity contribution in [2.45, 2.75) is 18.4 Å². The minimum Gasteiger partial charge on any atom is -0.497 e. The number of carboxylic acid groups (broad SMARTS) is 1. The number of carbonyl (C=O) groups is 1. The summed E-state index contributed by atoms with van der Waals surface area (Å²) in [7, 11) is 3.69. The topological polar surface area (TPSA) is 49.8 Å². The first kappa shape index (κ1) is 13.6. The highest BCUT2D eigenvalue weighted by molar-refractivity contribution is 7.99. The fourth-order valence-electron chi connectivity index (χ4n) is 3.50. The summed E-state index contributed by atoms with van der Waals surface area (Å²) in [6.07, 6.45) is 1.06. The van der Waals surface area contributed by atoms with Crippen molar-refractivity contribution in [2.75, 3.05) is 30.6 Å². The van der Waals surface area contributed by atoms with Gasteiger partial charge in [-0.15, -0.1) is 0 Å². The van der Waals surface area contributed by atoms with E-state index in [1.165, 1.54) is 0 Å². The van der Waals surface area contributed by atoms with Gasteiger partial charge >= 0.3 is 5.97 Å². The van der Waals surface area contributed by atoms with E-state index in [9.17, 15) is 9.90 Å². The molecule has 2 aliphatic rings. The van der Waals surface area contributed by atoms with Crippen LogP contribution in [-0.4, -0.2) is 42.8 Å². The van der Waals surface area contributed by atoms with E-state index in [1.54, 1.807) is 7.11 Å². The number of carboxylic acids is 1. The Hall–Kier alpha value is -1.36. The fourth-order valence-corrected chi connectivity index (χ4v) is 4.76. The van der Waals surface area contributed by atoms with Gasteiger partial charge in [-0.2, -0.15) is 11.8 Å². The lowest BCUT2D eigenvalue weighted by Crippen LogP contribution is -2.50. The minimum absolute atomic E-state index is 0.177. The summed E-state index contributed by atoms with van der Waals surface area (Å²) in [6, 6.07) is 6.12. The summed E-state index contributed by atoms with van der Waals surface area (Å²) in [6.45, 7) is 0. The van der Waals surface area contributed by atoms with Gasteiger partial charge in [0.1, 0.15) is 5.75 Å². The van der Waals surface area contributed by atoms with Crippen LogP contribution in [0.15, 0.2) is 18.2 Å². The van der Waals surface area contributed by atoms with Gasteiger partial charge in [0.25, 0.3) is 0 Å². The number of ether oxygens (including phenoxy) is 1. The average molecular weight is 293 g/mol. The molecule has 0 radical (unpaired) electrons. The smallest absolute Gasteiger partial charge is 0.311 e. The number of hydrogen-bond donors (Lipinski definition) is 1. The van der Waals surface area contributed by atoms with Crippen LogP contribution in [0.25, 0.3) is 0 Å². The molecular formula is C15H19NO3S. The molecule has 1 aromatic rings. The van der Waals surface area contributed by atoms with Crippen LogP contribution in [-0.2, 0) is 4.79 Å². The van der Waals surface area contributed by atoms with E-state index in [1.807, 2.05) is 30.0 Å². The average Bonchev–Trinajstić information content (AvgIpc) is 2.46. The molecule has 1 N–H and O–H groups in total. The van der Waals surface area contributed by atoms with Crippen molar-refractivity contribution in [1.82, 2.24) is 0 Å². The number of fused-ring (bicyclic) bond motifs is 2. The number of anilines is 1. The van der Waals surface area contributed by atoms with Crippen molar-refractivity contribution in [2.24, 2.45) is 5.92 Å². The number of benzene rings is 1. The van der Waals surface area contributed by atoms with Gasteiger partial charge in [0.2, 0.25) is 0 Å². The van der Waals surface area contributed by atoms with Crippen LogP contribution >= 0.6 is 11.8 Å². The Labute approximate surface area is 123 Å². The van der Waals surface area contributed by atoms with Crippen molar-refractivity contribution in [3.63, 3.8) is 0 Å². The molecule has 3 unspecified atom stereocenters. The molecule has 108 valence electrons. The van der Waals surface area contributed by atoms with Gasteiger partial charge in [0, 0.05) is 24.7 Å². The fraction of sp³-hybridized carbons (Fsp3) is 0.533. The van der Waals surface area contributed by atoms with E-state index < -0.39 is 11.9 Å². The number of rotatable bonds is 2. The molecule has 0 amide bonds. The summed E-state index contributed by atoms with van der Waals surface area (Å²) in [5.41, 5.74) is 1.93. The van der Waals surface area contributed by atoms with Crippen LogP contribution in [0.3, 0.4) is 0 Å². The highest BCUT2D eigenvalue weighted by atomic mass is 32.2. The lowest BCUT2D eigenvalue weighted by molar-refractivity contribution is -0.140. The quantitative estimate of drug-likeness (QED) is 0.907. The number of aliphatic carboxylic acids is 1. The third-order valence-corrected chi connectivity index (χ3v) is 5.65. The molecule has 0 aliphatic carbocycles. The first-order valence-corrected chi connectivity index (χ1v) is 8.00. The van der Waals surface area contributed by atoms with Gasteiger partial charge in [0.15, 0.2) is 0 Å². The third-order valence-electron chi connectivity index (χ3n) is 4.50. The normalized spacial score (nSPS) is 28.5. The van der Waals surface area contributed by atoms with Crippen molar-refractivity contribution < 1.29 is 14.6 Å². The molecule has 0 aromatic heterocycles. The van der Waals surface area contributed by atoms with Crippen LogP contribution in [0.2, 0.25) is 0 Å². The molecule has 4 nitrogen and oxygen atoms in total. The first-order valence-electron chi connectivity index (χ1n) is 6.85. The highest BCUT2D eigenvalue weighted by Crippen LogP contribution is 2.47. The second-order valence-corrected chi connectivity index (χ2v) is 6.60. The molecule has 2 heterocycles. The Morgan fingerprint density at radius 1 is 1.50 bits per heavy atom. The van der Waals surface area contributed by atoms with Crippen molar-refractivity contribution in [3.8, 4) is 5.75 Å². The minimum atomic E-state index is -0.717. The molecule has 3 atom stereocenters. The van der Waals surface area contributed by atoms with E-state index in [4.69, 9.17) is 4.74 Å². The van der Waals surface area contributed by atoms with E-state index in [0.717, 1.165) is 34.9 Å². The second-order valence-electron chi connectivity index (χ2n) is 5.45. The summed E-state index contributed by atoms with van der Waals surface area (Å²) in [5.74, 6) is 1.80. The molecule has 5 heteroatoms. The largest absolute Gasteiger partial charge is 0.497 e. The second kappa shape index (κ2) is 5.20. The molecule has 2 aliphatic heterocycles. The zero-order valence-electron chi connectivity index (χ0n) is 11.7. The maximum atomic E-state index is 11.8. The molecule has 20 heavy (non-hydrogen) atoms. The predicted octanol–water partition coefficient (Wildman–Crippen LogP) is 2.43. The Kier molecular flexibility index (Phi) is 3.54. The van der Waals surface area contributed by atoms with Crippen molar-refractivity contribution in [1.29, 1.82) is 0 Å². The van der Waals surface area contributed by atoms with Crippen molar-refractivity contribution in [3.05, 3.63) is 23.8 Å². The molecule has 1 fully saturated rings. The van der Waals surface area contributed by atoms with Crippen LogP contribution in [0.4, 0.5) is 5.69 Å². The number of thioether (sulfide) groups is 1. The molecule has 1 aromatic carbocycles. The Morgan fingerprint density at radius 2 is 2.30 bits per heavy atom. The summed E-state index contributed by atoms with van der Waals surface area (Å²) < 4.78 is 5.26. The van der Waals surface area contributed by atoms with Gasteiger partial charge in [-0.1, -0.05) is 0 Å². The highest BCUT2D eigenvalue weighted by Gasteiger charge is 2.44. The van der Waals surface area contributed by atoms with Crippen LogP contribution in [0, 0.1) is 5.92 Å². The van der Waals surface area contributed by atoms with Crippen molar-refractivity contribution >= 4 is 23.4 Å². The third kappa shape index (κ3) is 2.04. The molecular weight excluding hydrogens is 274 g/mol. The molecule has 0 spiro atoms. The lowest BCUT2D eigenvalue weighted by Gasteiger charge is -2.47. The van der Waals surface area contributed by atoms with Gasteiger partial charge in [-0.25, -0.2) is 0 Å². The number of methoxy groups -OCH3 is 1. The van der Waals surface area contributed by atoms with E-state index in [0.29, 0.717) is 6.04 Å². The maximum absolute atomic E-state index is 11.8. The van der Waals surface area contributed by atoms with Gasteiger partial charge < -0.3 is 14.7 Å². The Balaban J connectivity index is 2.12.